The highest BCUT2D eigenvalue weighted by Crippen LogP contribution is 2.30. The average Bonchev–Trinajstić information content (AvgIpc) is 3.36. The normalized spacial score (nSPS) is 10.8. The minimum Gasteiger partial charge on any atom is -0.324 e. The highest BCUT2D eigenvalue weighted by atomic mass is 32.1. The Balaban J connectivity index is 1.50. The summed E-state index contributed by atoms with van der Waals surface area (Å²) in [6, 6.07) is 17.4. The molecule has 0 unspecified atom stereocenters. The summed E-state index contributed by atoms with van der Waals surface area (Å²) in [4.78, 5) is 28.8. The number of non-ortho nitro benzene ring substituents is 1. The second kappa shape index (κ2) is 7.72. The molecule has 0 aliphatic heterocycles. The lowest BCUT2D eigenvalue weighted by molar-refractivity contribution is -0.384. The number of nitro groups is 1. The molecule has 1 amide bonds. The van der Waals surface area contributed by atoms with Gasteiger partial charge in [-0.15, -0.1) is 11.3 Å². The van der Waals surface area contributed by atoms with E-state index < -0.39 is 4.92 Å². The van der Waals surface area contributed by atoms with Crippen LogP contribution in [0.5, 0.6) is 0 Å². The number of nitrogens with zero attached hydrogens (tertiary/aromatic N) is 3. The first-order valence-electron chi connectivity index (χ1n) is 8.93. The van der Waals surface area contributed by atoms with Crippen molar-refractivity contribution in [3.63, 3.8) is 0 Å². The van der Waals surface area contributed by atoms with E-state index in [0.717, 1.165) is 28.3 Å². The van der Waals surface area contributed by atoms with Gasteiger partial charge in [0.05, 0.1) is 31.4 Å². The van der Waals surface area contributed by atoms with E-state index in [1.54, 1.807) is 6.07 Å². The Kier molecular flexibility index (Phi) is 4.96. The molecule has 0 radical (unpaired) electrons. The number of anilines is 1. The number of nitrogens with one attached hydrogen (secondary N) is 2. The third kappa shape index (κ3) is 3.67. The molecule has 29 heavy (non-hydrogen) atoms. The van der Waals surface area contributed by atoms with Crippen molar-refractivity contribution >= 4 is 39.7 Å². The summed E-state index contributed by atoms with van der Waals surface area (Å²) >= 11 is 1.36. The molecular weight excluding hydrogens is 390 g/mol. The van der Waals surface area contributed by atoms with E-state index in [1.165, 1.54) is 35.6 Å². The highest BCUT2D eigenvalue weighted by molar-refractivity contribution is 7.17. The van der Waals surface area contributed by atoms with Crippen molar-refractivity contribution < 1.29 is 9.72 Å². The van der Waals surface area contributed by atoms with Crippen molar-refractivity contribution in [1.82, 2.24) is 15.0 Å². The van der Waals surface area contributed by atoms with E-state index in [-0.39, 0.29) is 11.6 Å². The summed E-state index contributed by atoms with van der Waals surface area (Å²) < 4.78 is 2.12. The first-order chi connectivity index (χ1) is 14.1. The van der Waals surface area contributed by atoms with Crippen molar-refractivity contribution in [3.05, 3.63) is 75.7 Å². The lowest BCUT2D eigenvalue weighted by Gasteiger charge is -2.07. The van der Waals surface area contributed by atoms with E-state index in [1.807, 2.05) is 30.3 Å². The molecular formula is C20H17N5O3S. The van der Waals surface area contributed by atoms with Crippen LogP contribution in [0.2, 0.25) is 0 Å². The monoisotopic (exact) mass is 407 g/mol. The van der Waals surface area contributed by atoms with Crippen molar-refractivity contribution in [2.75, 3.05) is 5.43 Å². The second-order valence-corrected chi connectivity index (χ2v) is 7.30. The van der Waals surface area contributed by atoms with Gasteiger partial charge in [-0.1, -0.05) is 12.1 Å². The van der Waals surface area contributed by atoms with E-state index in [9.17, 15) is 14.9 Å². The van der Waals surface area contributed by atoms with Crippen LogP contribution in [0.4, 0.5) is 11.4 Å². The number of fused-ring (bicyclic) bond motifs is 1. The summed E-state index contributed by atoms with van der Waals surface area (Å²) in [5.41, 5.74) is 7.89. The molecule has 146 valence electrons. The van der Waals surface area contributed by atoms with Gasteiger partial charge in [-0.3, -0.25) is 25.8 Å². The predicted octanol–water partition coefficient (Wildman–Crippen LogP) is 4.45. The zero-order valence-electron chi connectivity index (χ0n) is 15.5. The molecule has 0 saturated heterocycles. The summed E-state index contributed by atoms with van der Waals surface area (Å²) in [7, 11) is 0. The van der Waals surface area contributed by atoms with Crippen LogP contribution in [0.25, 0.3) is 21.7 Å². The van der Waals surface area contributed by atoms with Crippen LogP contribution in [0.3, 0.4) is 0 Å². The number of nitro benzene ring substituents is 1. The summed E-state index contributed by atoms with van der Waals surface area (Å²) in [5, 5.41) is 10.7. The Hall–Kier alpha value is -3.72. The molecule has 4 rings (SSSR count). The maximum absolute atomic E-state index is 12.5. The van der Waals surface area contributed by atoms with Gasteiger partial charge in [-0.2, -0.15) is 0 Å². The van der Waals surface area contributed by atoms with Crippen LogP contribution >= 0.6 is 11.3 Å². The number of hydrogen-bond acceptors (Lipinski definition) is 6. The molecule has 2 N–H and O–H groups in total. The molecule has 0 bridgehead atoms. The van der Waals surface area contributed by atoms with Crippen LogP contribution in [0, 0.1) is 10.1 Å². The van der Waals surface area contributed by atoms with E-state index >= 15 is 0 Å². The molecule has 0 spiro atoms. The third-order valence-corrected chi connectivity index (χ3v) is 5.50. The zero-order valence-corrected chi connectivity index (χ0v) is 16.3. The second-order valence-electron chi connectivity index (χ2n) is 6.22. The van der Waals surface area contributed by atoms with Crippen LogP contribution in [0.1, 0.15) is 16.6 Å². The van der Waals surface area contributed by atoms with Crippen molar-refractivity contribution in [1.29, 1.82) is 0 Å². The number of rotatable bonds is 6. The fourth-order valence-corrected chi connectivity index (χ4v) is 3.92. The number of para-hydroxylation sites is 2. The highest BCUT2D eigenvalue weighted by Gasteiger charge is 2.16. The van der Waals surface area contributed by atoms with Crippen molar-refractivity contribution in [2.45, 2.75) is 13.5 Å². The standard InChI is InChI=1S/C20H17N5O3S/c1-2-24-16-6-4-3-5-15(16)21-19(24)17-11-12-18(29-17)20(26)23-22-13-7-9-14(10-8-13)25(27)28/h3-12,22H,2H2,1H3,(H,23,26). The van der Waals surface area contributed by atoms with Crippen LogP contribution in [-0.4, -0.2) is 20.4 Å². The largest absolute Gasteiger partial charge is 0.324 e. The van der Waals surface area contributed by atoms with E-state index in [2.05, 4.69) is 22.3 Å². The number of amides is 1. The van der Waals surface area contributed by atoms with Gasteiger partial charge >= 0.3 is 0 Å². The van der Waals surface area contributed by atoms with Gasteiger partial charge in [-0.25, -0.2) is 4.98 Å². The first kappa shape index (κ1) is 18.6. The van der Waals surface area contributed by atoms with Crippen LogP contribution < -0.4 is 10.9 Å². The van der Waals surface area contributed by atoms with E-state index in [4.69, 9.17) is 4.98 Å². The van der Waals surface area contributed by atoms with Crippen LogP contribution in [-0.2, 0) is 6.54 Å². The van der Waals surface area contributed by atoms with Gasteiger partial charge in [0, 0.05) is 18.7 Å². The molecule has 4 aromatic rings. The fourth-order valence-electron chi connectivity index (χ4n) is 3.02. The molecule has 2 aromatic heterocycles. The molecule has 0 fully saturated rings. The Labute approximate surface area is 169 Å². The maximum atomic E-state index is 12.5. The number of aromatic nitrogens is 2. The van der Waals surface area contributed by atoms with Gasteiger partial charge in [-0.05, 0) is 43.3 Å². The lowest BCUT2D eigenvalue weighted by atomic mass is 10.3. The van der Waals surface area contributed by atoms with Gasteiger partial charge in [0.15, 0.2) is 5.82 Å². The maximum Gasteiger partial charge on any atom is 0.279 e. The number of aryl methyl sites for hydroxylation is 1. The molecule has 0 aliphatic rings. The molecule has 8 nitrogen and oxygen atoms in total. The number of hydrazine groups is 1. The topological polar surface area (TPSA) is 102 Å². The number of benzene rings is 2. The van der Waals surface area contributed by atoms with Gasteiger partial charge in [0.25, 0.3) is 11.6 Å². The number of thiophene rings is 1. The minimum atomic E-state index is -0.473. The predicted molar refractivity (Wildman–Crippen MR) is 113 cm³/mol. The minimum absolute atomic E-state index is 0.0106. The summed E-state index contributed by atoms with van der Waals surface area (Å²) in [5.74, 6) is 0.542. The fraction of sp³-hybridized carbons (Fsp3) is 0.100. The molecule has 0 aliphatic carbocycles. The van der Waals surface area contributed by atoms with Crippen LogP contribution in [0.15, 0.2) is 60.7 Å². The SMILES string of the molecule is CCn1c(-c2ccc(C(=O)NNc3ccc([N+](=O)[O-])cc3)s2)nc2ccccc21. The molecule has 2 aromatic carbocycles. The number of imidazole rings is 1. The van der Waals surface area contributed by atoms with Gasteiger partial charge in [0.1, 0.15) is 0 Å². The Bertz CT molecular complexity index is 1200. The molecule has 0 saturated carbocycles. The average molecular weight is 407 g/mol. The Morgan fingerprint density at radius 1 is 1.14 bits per heavy atom. The zero-order chi connectivity index (χ0) is 20.4. The smallest absolute Gasteiger partial charge is 0.279 e. The molecule has 2 heterocycles. The summed E-state index contributed by atoms with van der Waals surface area (Å²) in [6.07, 6.45) is 0. The number of carbonyl (C=O) groups is 1. The van der Waals surface area contributed by atoms with E-state index in [0.29, 0.717) is 10.6 Å². The molecule has 0 atom stereocenters. The van der Waals surface area contributed by atoms with Crippen molar-refractivity contribution in [2.24, 2.45) is 0 Å². The molecule has 9 heteroatoms. The third-order valence-electron chi connectivity index (χ3n) is 4.42. The quantitative estimate of drug-likeness (QED) is 0.363. The van der Waals surface area contributed by atoms with Crippen molar-refractivity contribution in [3.8, 4) is 10.7 Å². The van der Waals surface area contributed by atoms with Gasteiger partial charge in [0.2, 0.25) is 0 Å². The van der Waals surface area contributed by atoms with Gasteiger partial charge < -0.3 is 4.57 Å². The Morgan fingerprint density at radius 3 is 2.62 bits per heavy atom. The summed E-state index contributed by atoms with van der Waals surface area (Å²) in [6.45, 7) is 2.84. The Morgan fingerprint density at radius 2 is 1.90 bits per heavy atom. The first-order valence-corrected chi connectivity index (χ1v) is 9.74. The lowest BCUT2D eigenvalue weighted by Crippen LogP contribution is -2.28. The number of hydrogen-bond donors (Lipinski definition) is 2. The number of carbonyl (C=O) groups excluding carboxylic acids is 1.